The molecule has 4 nitrogen and oxygen atoms in total. The van der Waals surface area contributed by atoms with Crippen LogP contribution in [0.4, 0.5) is 0 Å². The van der Waals surface area contributed by atoms with Crippen molar-refractivity contribution >= 4 is 5.97 Å². The van der Waals surface area contributed by atoms with Gasteiger partial charge in [0.15, 0.2) is 0 Å². The van der Waals surface area contributed by atoms with Crippen molar-refractivity contribution in [2.45, 2.75) is 39.7 Å². The SMILES string of the molecule is CC(=O)O.Cc1cc2n(c1-c1cccnc1)CCCC2. The van der Waals surface area contributed by atoms with E-state index in [-0.39, 0.29) is 0 Å². The second kappa shape index (κ2) is 6.37. The topological polar surface area (TPSA) is 55.1 Å². The van der Waals surface area contributed by atoms with Crippen molar-refractivity contribution in [3.8, 4) is 11.3 Å². The summed E-state index contributed by atoms with van der Waals surface area (Å²) < 4.78 is 2.47. The molecule has 0 spiro atoms. The number of hydrogen-bond donors (Lipinski definition) is 1. The van der Waals surface area contributed by atoms with Gasteiger partial charge in [-0.3, -0.25) is 9.78 Å². The summed E-state index contributed by atoms with van der Waals surface area (Å²) in [5.41, 5.74) is 5.48. The number of carbonyl (C=O) groups is 1. The fourth-order valence-electron chi connectivity index (χ4n) is 2.68. The molecule has 3 heterocycles. The molecule has 0 unspecified atom stereocenters. The summed E-state index contributed by atoms with van der Waals surface area (Å²) in [6.45, 7) is 4.45. The monoisotopic (exact) mass is 272 g/mol. The quantitative estimate of drug-likeness (QED) is 0.866. The first-order valence-corrected chi connectivity index (χ1v) is 6.88. The summed E-state index contributed by atoms with van der Waals surface area (Å²) in [6, 6.07) is 6.50. The molecule has 2 aromatic heterocycles. The average Bonchev–Trinajstić information content (AvgIpc) is 2.75. The van der Waals surface area contributed by atoms with E-state index in [0.29, 0.717) is 0 Å². The van der Waals surface area contributed by atoms with Crippen LogP contribution in [-0.4, -0.2) is 20.6 Å². The van der Waals surface area contributed by atoms with Crippen LogP contribution in [0, 0.1) is 6.92 Å². The molecule has 0 fully saturated rings. The molecule has 0 saturated carbocycles. The van der Waals surface area contributed by atoms with Crippen molar-refractivity contribution in [2.75, 3.05) is 0 Å². The van der Waals surface area contributed by atoms with Crippen molar-refractivity contribution in [1.29, 1.82) is 0 Å². The number of aromatic nitrogens is 2. The largest absolute Gasteiger partial charge is 0.481 e. The van der Waals surface area contributed by atoms with Gasteiger partial charge in [-0.25, -0.2) is 0 Å². The third-order valence-electron chi connectivity index (χ3n) is 3.37. The van der Waals surface area contributed by atoms with Gasteiger partial charge in [0.25, 0.3) is 5.97 Å². The Kier molecular flexibility index (Phi) is 4.56. The number of nitrogens with zero attached hydrogens (tertiary/aromatic N) is 2. The lowest BCUT2D eigenvalue weighted by Gasteiger charge is -2.18. The highest BCUT2D eigenvalue weighted by Gasteiger charge is 2.16. The molecule has 4 heteroatoms. The molecule has 0 atom stereocenters. The predicted octanol–water partition coefficient (Wildman–Crippen LogP) is 3.29. The number of carboxylic acid groups (broad SMARTS) is 1. The van der Waals surface area contributed by atoms with Crippen LogP contribution in [0.1, 0.15) is 31.0 Å². The van der Waals surface area contributed by atoms with Crippen molar-refractivity contribution in [1.82, 2.24) is 9.55 Å². The lowest BCUT2D eigenvalue weighted by Crippen LogP contribution is -2.10. The molecule has 1 N–H and O–H groups in total. The number of aliphatic carboxylic acids is 1. The van der Waals surface area contributed by atoms with Crippen molar-refractivity contribution in [3.05, 3.63) is 41.9 Å². The van der Waals surface area contributed by atoms with E-state index in [1.165, 1.54) is 41.8 Å². The zero-order chi connectivity index (χ0) is 14.5. The number of carboxylic acids is 1. The van der Waals surface area contributed by atoms with Gasteiger partial charge >= 0.3 is 0 Å². The van der Waals surface area contributed by atoms with Gasteiger partial charge in [-0.15, -0.1) is 0 Å². The second-order valence-electron chi connectivity index (χ2n) is 5.04. The molecule has 0 aliphatic carbocycles. The van der Waals surface area contributed by atoms with E-state index in [1.807, 2.05) is 18.5 Å². The van der Waals surface area contributed by atoms with Crippen LogP contribution < -0.4 is 0 Å². The van der Waals surface area contributed by atoms with Gasteiger partial charge in [-0.05, 0) is 49.9 Å². The Labute approximate surface area is 119 Å². The van der Waals surface area contributed by atoms with Gasteiger partial charge in [0, 0.05) is 37.1 Å². The molecule has 106 valence electrons. The number of rotatable bonds is 1. The van der Waals surface area contributed by atoms with E-state index in [2.05, 4.69) is 28.6 Å². The van der Waals surface area contributed by atoms with E-state index in [9.17, 15) is 0 Å². The molecule has 3 rings (SSSR count). The normalized spacial score (nSPS) is 13.1. The molecule has 1 aliphatic rings. The second-order valence-corrected chi connectivity index (χ2v) is 5.04. The molecule has 20 heavy (non-hydrogen) atoms. The van der Waals surface area contributed by atoms with Crippen LogP contribution in [-0.2, 0) is 17.8 Å². The van der Waals surface area contributed by atoms with Gasteiger partial charge in [-0.2, -0.15) is 0 Å². The summed E-state index contributed by atoms with van der Waals surface area (Å²) in [5, 5.41) is 7.42. The molecule has 2 aromatic rings. The number of aryl methyl sites for hydroxylation is 2. The summed E-state index contributed by atoms with van der Waals surface area (Å²) in [6.07, 6.45) is 7.65. The number of pyridine rings is 1. The van der Waals surface area contributed by atoms with Crippen LogP contribution in [0.25, 0.3) is 11.3 Å². The Bertz CT molecular complexity index is 584. The summed E-state index contributed by atoms with van der Waals surface area (Å²) in [5.74, 6) is -0.833. The van der Waals surface area contributed by atoms with Gasteiger partial charge in [-0.1, -0.05) is 0 Å². The minimum absolute atomic E-state index is 0.833. The summed E-state index contributed by atoms with van der Waals surface area (Å²) in [7, 11) is 0. The number of fused-ring (bicyclic) bond motifs is 1. The van der Waals surface area contributed by atoms with Crippen LogP contribution in [0.2, 0.25) is 0 Å². The van der Waals surface area contributed by atoms with E-state index in [4.69, 9.17) is 9.90 Å². The van der Waals surface area contributed by atoms with Crippen LogP contribution in [0.3, 0.4) is 0 Å². The first kappa shape index (κ1) is 14.3. The number of hydrogen-bond acceptors (Lipinski definition) is 2. The van der Waals surface area contributed by atoms with Crippen LogP contribution >= 0.6 is 0 Å². The minimum atomic E-state index is -0.833. The fourth-order valence-corrected chi connectivity index (χ4v) is 2.68. The molecule has 0 radical (unpaired) electrons. The summed E-state index contributed by atoms with van der Waals surface area (Å²) >= 11 is 0. The maximum atomic E-state index is 9.00. The highest BCUT2D eigenvalue weighted by Crippen LogP contribution is 2.30. The Balaban J connectivity index is 0.000000328. The van der Waals surface area contributed by atoms with Gasteiger partial charge in [0.2, 0.25) is 0 Å². The van der Waals surface area contributed by atoms with E-state index in [1.54, 1.807) is 0 Å². The first-order valence-electron chi connectivity index (χ1n) is 6.88. The van der Waals surface area contributed by atoms with E-state index < -0.39 is 5.97 Å². The molecule has 0 bridgehead atoms. The van der Waals surface area contributed by atoms with Gasteiger partial charge < -0.3 is 9.67 Å². The third-order valence-corrected chi connectivity index (χ3v) is 3.37. The Morgan fingerprint density at radius 1 is 1.40 bits per heavy atom. The zero-order valence-corrected chi connectivity index (χ0v) is 12.0. The van der Waals surface area contributed by atoms with Crippen LogP contribution in [0.15, 0.2) is 30.6 Å². The lowest BCUT2D eigenvalue weighted by atomic mass is 10.1. The van der Waals surface area contributed by atoms with Crippen LogP contribution in [0.5, 0.6) is 0 Å². The van der Waals surface area contributed by atoms with E-state index >= 15 is 0 Å². The molecule has 0 amide bonds. The molecule has 0 saturated heterocycles. The minimum Gasteiger partial charge on any atom is -0.481 e. The Hall–Kier alpha value is -2.10. The molecular formula is C16H20N2O2. The molecular weight excluding hydrogens is 252 g/mol. The molecule has 1 aliphatic heterocycles. The Morgan fingerprint density at radius 3 is 2.80 bits per heavy atom. The predicted molar refractivity (Wildman–Crippen MR) is 78.6 cm³/mol. The third kappa shape index (κ3) is 3.26. The van der Waals surface area contributed by atoms with Crippen molar-refractivity contribution in [3.63, 3.8) is 0 Å². The van der Waals surface area contributed by atoms with Gasteiger partial charge in [0.1, 0.15) is 0 Å². The molecule has 0 aromatic carbocycles. The average molecular weight is 272 g/mol. The fraction of sp³-hybridized carbons (Fsp3) is 0.375. The van der Waals surface area contributed by atoms with E-state index in [0.717, 1.165) is 13.5 Å². The smallest absolute Gasteiger partial charge is 0.300 e. The highest BCUT2D eigenvalue weighted by molar-refractivity contribution is 5.64. The standard InChI is InChI=1S/C14H16N2.C2H4O2/c1-11-9-13-6-2-3-8-16(13)14(11)12-5-4-7-15-10-12;1-2(3)4/h4-5,7,9-10H,2-3,6,8H2,1H3;1H3,(H,3,4). The zero-order valence-electron chi connectivity index (χ0n) is 12.0. The maximum Gasteiger partial charge on any atom is 0.300 e. The lowest BCUT2D eigenvalue weighted by molar-refractivity contribution is -0.134. The summed E-state index contributed by atoms with van der Waals surface area (Å²) in [4.78, 5) is 13.2. The van der Waals surface area contributed by atoms with Crippen molar-refractivity contribution < 1.29 is 9.90 Å². The van der Waals surface area contributed by atoms with Crippen molar-refractivity contribution in [2.24, 2.45) is 0 Å². The highest BCUT2D eigenvalue weighted by atomic mass is 16.4. The Morgan fingerprint density at radius 2 is 2.15 bits per heavy atom. The van der Waals surface area contributed by atoms with Gasteiger partial charge in [0.05, 0.1) is 5.69 Å². The first-order chi connectivity index (χ1) is 9.59. The maximum absolute atomic E-state index is 9.00.